The van der Waals surface area contributed by atoms with Crippen molar-refractivity contribution in [3.8, 4) is 5.69 Å². The van der Waals surface area contributed by atoms with Crippen molar-refractivity contribution in [2.24, 2.45) is 0 Å². The van der Waals surface area contributed by atoms with Gasteiger partial charge in [-0.2, -0.15) is 0 Å². The first kappa shape index (κ1) is 19.3. The summed E-state index contributed by atoms with van der Waals surface area (Å²) < 4.78 is 11.5. The summed E-state index contributed by atoms with van der Waals surface area (Å²) in [5.41, 5.74) is 1.01. The van der Waals surface area contributed by atoms with Crippen molar-refractivity contribution in [1.29, 1.82) is 0 Å². The molecule has 0 N–H and O–H groups in total. The topological polar surface area (TPSA) is 120 Å². The monoisotopic (exact) mass is 388 g/mol. The number of aromatic nitrogens is 4. The van der Waals surface area contributed by atoms with Crippen LogP contribution >= 0.6 is 0 Å². The minimum atomic E-state index is -0.596. The van der Waals surface area contributed by atoms with E-state index < -0.39 is 5.97 Å². The first-order valence-corrected chi connectivity index (χ1v) is 8.78. The van der Waals surface area contributed by atoms with Gasteiger partial charge in [-0.1, -0.05) is 0 Å². The molecule has 0 atom stereocenters. The van der Waals surface area contributed by atoms with Crippen molar-refractivity contribution in [1.82, 2.24) is 30.0 Å². The third kappa shape index (κ3) is 4.61. The van der Waals surface area contributed by atoms with Gasteiger partial charge in [0.25, 0.3) is 5.91 Å². The number of esters is 1. The lowest BCUT2D eigenvalue weighted by molar-refractivity contribution is -0.136. The Bertz CT molecular complexity index is 815. The summed E-state index contributed by atoms with van der Waals surface area (Å²) >= 11 is 0. The van der Waals surface area contributed by atoms with Crippen molar-refractivity contribution in [3.05, 3.63) is 36.2 Å². The zero-order valence-corrected chi connectivity index (χ0v) is 15.4. The maximum atomic E-state index is 12.2. The SMILES string of the molecule is CCOC(=O)N1CCN(C(=O)COC(=O)c2ccc(-n3cnnn3)cc2)CC1. The first-order valence-electron chi connectivity index (χ1n) is 8.78. The minimum Gasteiger partial charge on any atom is -0.452 e. The first-order chi connectivity index (χ1) is 13.6. The number of amides is 2. The highest BCUT2D eigenvalue weighted by Gasteiger charge is 2.25. The third-order valence-corrected chi connectivity index (χ3v) is 4.20. The lowest BCUT2D eigenvalue weighted by atomic mass is 10.2. The molecule has 1 saturated heterocycles. The third-order valence-electron chi connectivity index (χ3n) is 4.20. The molecule has 28 heavy (non-hydrogen) atoms. The number of benzene rings is 1. The number of carbonyl (C=O) groups is 3. The summed E-state index contributed by atoms with van der Waals surface area (Å²) in [5, 5.41) is 10.8. The summed E-state index contributed by atoms with van der Waals surface area (Å²) in [6.07, 6.45) is 1.05. The van der Waals surface area contributed by atoms with Gasteiger partial charge in [-0.25, -0.2) is 14.3 Å². The molecule has 0 unspecified atom stereocenters. The van der Waals surface area contributed by atoms with Crippen LogP contribution in [0.5, 0.6) is 0 Å². The highest BCUT2D eigenvalue weighted by atomic mass is 16.6. The molecule has 1 fully saturated rings. The van der Waals surface area contributed by atoms with Crippen LogP contribution < -0.4 is 0 Å². The van der Waals surface area contributed by atoms with Crippen LogP contribution in [-0.2, 0) is 14.3 Å². The number of carbonyl (C=O) groups excluding carboxylic acids is 3. The van der Waals surface area contributed by atoms with E-state index in [0.29, 0.717) is 44.0 Å². The quantitative estimate of drug-likeness (QED) is 0.663. The number of tetrazole rings is 1. The maximum absolute atomic E-state index is 12.2. The fourth-order valence-corrected chi connectivity index (χ4v) is 2.68. The van der Waals surface area contributed by atoms with E-state index in [2.05, 4.69) is 15.5 Å². The molecule has 0 aliphatic carbocycles. The largest absolute Gasteiger partial charge is 0.452 e. The van der Waals surface area contributed by atoms with Gasteiger partial charge >= 0.3 is 12.1 Å². The molecule has 2 aromatic rings. The molecule has 11 nitrogen and oxygen atoms in total. The Hall–Kier alpha value is -3.50. The average molecular weight is 388 g/mol. The van der Waals surface area contributed by atoms with Crippen LogP contribution in [0.1, 0.15) is 17.3 Å². The molecule has 0 bridgehead atoms. The second-order valence-electron chi connectivity index (χ2n) is 5.94. The Morgan fingerprint density at radius 1 is 1.00 bits per heavy atom. The molecule has 11 heteroatoms. The number of piperazine rings is 1. The summed E-state index contributed by atoms with van der Waals surface area (Å²) in [6.45, 7) is 3.21. The van der Waals surface area contributed by atoms with E-state index >= 15 is 0 Å². The Kier molecular flexibility index (Phi) is 6.14. The molecule has 3 rings (SSSR count). The van der Waals surface area contributed by atoms with Crippen LogP contribution in [0.2, 0.25) is 0 Å². The molecule has 1 aliphatic rings. The minimum absolute atomic E-state index is 0.304. The van der Waals surface area contributed by atoms with Crippen LogP contribution in [-0.4, -0.2) is 87.4 Å². The van der Waals surface area contributed by atoms with Gasteiger partial charge in [-0.15, -0.1) is 5.10 Å². The van der Waals surface area contributed by atoms with Crippen molar-refractivity contribution in [3.63, 3.8) is 0 Å². The van der Waals surface area contributed by atoms with E-state index in [4.69, 9.17) is 9.47 Å². The van der Waals surface area contributed by atoms with Crippen molar-refractivity contribution >= 4 is 18.0 Å². The molecule has 1 aromatic carbocycles. The summed E-state index contributed by atoms with van der Waals surface area (Å²) in [5.74, 6) is -0.899. The van der Waals surface area contributed by atoms with E-state index in [9.17, 15) is 14.4 Å². The Labute approximate surface area is 160 Å². The normalized spacial score (nSPS) is 13.9. The van der Waals surface area contributed by atoms with Gasteiger partial charge < -0.3 is 19.3 Å². The van der Waals surface area contributed by atoms with E-state index in [1.165, 1.54) is 11.0 Å². The fourth-order valence-electron chi connectivity index (χ4n) is 2.68. The Morgan fingerprint density at radius 3 is 2.29 bits per heavy atom. The van der Waals surface area contributed by atoms with E-state index in [1.807, 2.05) is 0 Å². The molecule has 2 heterocycles. The average Bonchev–Trinajstić information content (AvgIpc) is 3.27. The van der Waals surface area contributed by atoms with Gasteiger partial charge in [0.2, 0.25) is 0 Å². The van der Waals surface area contributed by atoms with Gasteiger partial charge in [0.1, 0.15) is 6.33 Å². The fraction of sp³-hybridized carbons (Fsp3) is 0.412. The summed E-state index contributed by atoms with van der Waals surface area (Å²) in [7, 11) is 0. The second kappa shape index (κ2) is 8.93. The van der Waals surface area contributed by atoms with Gasteiger partial charge in [0, 0.05) is 26.2 Å². The molecular weight excluding hydrogens is 368 g/mol. The number of rotatable bonds is 5. The molecule has 0 spiro atoms. The van der Waals surface area contributed by atoms with Gasteiger partial charge in [-0.05, 0) is 41.6 Å². The van der Waals surface area contributed by atoms with Crippen molar-refractivity contribution in [2.45, 2.75) is 6.92 Å². The summed E-state index contributed by atoms with van der Waals surface area (Å²) in [4.78, 5) is 39.1. The van der Waals surface area contributed by atoms with E-state index in [-0.39, 0.29) is 18.6 Å². The Morgan fingerprint density at radius 2 is 1.68 bits per heavy atom. The summed E-state index contributed by atoms with van der Waals surface area (Å²) in [6, 6.07) is 6.48. The van der Waals surface area contributed by atoms with Gasteiger partial charge in [0.15, 0.2) is 6.61 Å². The number of ether oxygens (including phenoxy) is 2. The van der Waals surface area contributed by atoms with Crippen molar-refractivity contribution in [2.75, 3.05) is 39.4 Å². The molecular formula is C17H20N6O5. The van der Waals surface area contributed by atoms with Crippen LogP contribution in [0, 0.1) is 0 Å². The highest BCUT2D eigenvalue weighted by molar-refractivity contribution is 5.91. The van der Waals surface area contributed by atoms with Crippen molar-refractivity contribution < 1.29 is 23.9 Å². The smallest absolute Gasteiger partial charge is 0.409 e. The van der Waals surface area contributed by atoms with E-state index in [1.54, 1.807) is 41.0 Å². The van der Waals surface area contributed by atoms with E-state index in [0.717, 1.165) is 0 Å². The molecule has 2 amide bonds. The molecule has 148 valence electrons. The van der Waals surface area contributed by atoms with Crippen LogP contribution in [0.3, 0.4) is 0 Å². The second-order valence-corrected chi connectivity index (χ2v) is 5.94. The van der Waals surface area contributed by atoms with Crippen LogP contribution in [0.4, 0.5) is 4.79 Å². The standard InChI is InChI=1S/C17H20N6O5/c1-2-27-17(26)22-9-7-21(8-10-22)15(24)11-28-16(25)13-3-5-14(6-4-13)23-12-18-19-20-23/h3-6,12H,2,7-11H2,1H3. The van der Waals surface area contributed by atoms with Gasteiger partial charge in [-0.3, -0.25) is 4.79 Å². The molecule has 0 saturated carbocycles. The zero-order chi connectivity index (χ0) is 19.9. The molecule has 1 aromatic heterocycles. The predicted molar refractivity (Wildman–Crippen MR) is 94.6 cm³/mol. The number of hydrogen-bond acceptors (Lipinski definition) is 8. The number of nitrogens with zero attached hydrogens (tertiary/aromatic N) is 6. The molecule has 0 radical (unpaired) electrons. The zero-order valence-electron chi connectivity index (χ0n) is 15.4. The predicted octanol–water partition coefficient (Wildman–Crippen LogP) is 0.120. The van der Waals surface area contributed by atoms with Crippen LogP contribution in [0.25, 0.3) is 5.69 Å². The maximum Gasteiger partial charge on any atom is 0.409 e. The molecule has 1 aliphatic heterocycles. The highest BCUT2D eigenvalue weighted by Crippen LogP contribution is 2.10. The number of hydrogen-bond donors (Lipinski definition) is 0. The lowest BCUT2D eigenvalue weighted by Crippen LogP contribution is -2.51. The lowest BCUT2D eigenvalue weighted by Gasteiger charge is -2.33. The van der Waals surface area contributed by atoms with Gasteiger partial charge in [0.05, 0.1) is 17.9 Å². The Balaban J connectivity index is 1.46. The van der Waals surface area contributed by atoms with Crippen LogP contribution in [0.15, 0.2) is 30.6 Å².